The fraction of sp³-hybridized carbons (Fsp3) is 0.519. The summed E-state index contributed by atoms with van der Waals surface area (Å²) in [5, 5.41) is 0.702. The number of aryl methyl sites for hydroxylation is 2. The molecule has 0 heterocycles. The molecule has 0 saturated carbocycles. The van der Waals surface area contributed by atoms with Crippen LogP contribution in [0.2, 0.25) is 0 Å². The molecule has 1 unspecified atom stereocenters. The summed E-state index contributed by atoms with van der Waals surface area (Å²) in [6.45, 7) is 6.13. The molecule has 2 aromatic carbocycles. The van der Waals surface area contributed by atoms with E-state index in [4.69, 9.17) is 0 Å². The number of carbonyl (C=O) groups excluding carboxylic acids is 1. The smallest absolute Gasteiger partial charge is 0.226 e. The fourth-order valence-corrected chi connectivity index (χ4v) is 6.90. The summed E-state index contributed by atoms with van der Waals surface area (Å²) in [5.41, 5.74) is 2.32. The normalized spacial score (nSPS) is 13.2. The minimum Gasteiger partial charge on any atom is -0.310 e. The van der Waals surface area contributed by atoms with Crippen molar-refractivity contribution in [2.24, 2.45) is 0 Å². The molecule has 2 rings (SSSR count). The lowest BCUT2D eigenvalue weighted by Crippen LogP contribution is -2.17. The van der Waals surface area contributed by atoms with Crippen LogP contribution in [0, 0.1) is 13.8 Å². The number of rotatable bonds is 14. The van der Waals surface area contributed by atoms with Gasteiger partial charge in [-0.05, 0) is 31.4 Å². The van der Waals surface area contributed by atoms with Gasteiger partial charge in [0.05, 0.1) is 0 Å². The molecule has 2 nitrogen and oxygen atoms in total. The Labute approximate surface area is 183 Å². The summed E-state index contributed by atoms with van der Waals surface area (Å²) in [5.74, 6) is 0. The molecule has 0 aliphatic heterocycles. The van der Waals surface area contributed by atoms with E-state index >= 15 is 0 Å². The van der Waals surface area contributed by atoms with Crippen LogP contribution in [-0.2, 0) is 4.57 Å². The highest BCUT2D eigenvalue weighted by Gasteiger charge is 2.35. The van der Waals surface area contributed by atoms with E-state index in [0.29, 0.717) is 17.0 Å². The molecular formula is C27H39O2P. The van der Waals surface area contributed by atoms with E-state index in [-0.39, 0.29) is 5.52 Å². The van der Waals surface area contributed by atoms with Crippen molar-refractivity contribution in [3.63, 3.8) is 0 Å². The van der Waals surface area contributed by atoms with Crippen LogP contribution in [0.15, 0.2) is 48.5 Å². The molecule has 0 aromatic heterocycles. The predicted molar refractivity (Wildman–Crippen MR) is 131 cm³/mol. The molecule has 30 heavy (non-hydrogen) atoms. The van der Waals surface area contributed by atoms with Crippen molar-refractivity contribution in [2.45, 2.75) is 85.0 Å². The SMILES string of the molecule is CCCCCCCCCCCCP(=O)(C(=O)c1c(C)cccc1C)c1ccccc1. The van der Waals surface area contributed by atoms with E-state index < -0.39 is 7.14 Å². The second kappa shape index (κ2) is 12.9. The van der Waals surface area contributed by atoms with Gasteiger partial charge in [0.1, 0.15) is 0 Å². The van der Waals surface area contributed by atoms with Crippen LogP contribution in [0.25, 0.3) is 0 Å². The number of carbonyl (C=O) groups is 1. The summed E-state index contributed by atoms with van der Waals surface area (Å²) in [7, 11) is -3.15. The first kappa shape index (κ1) is 24.6. The second-order valence-electron chi connectivity index (χ2n) is 8.55. The minimum atomic E-state index is -3.15. The van der Waals surface area contributed by atoms with Crippen LogP contribution in [0.4, 0.5) is 0 Å². The van der Waals surface area contributed by atoms with Gasteiger partial charge in [-0.15, -0.1) is 0 Å². The molecular weight excluding hydrogens is 387 g/mol. The summed E-state index contributed by atoms with van der Waals surface area (Å²) in [6.07, 6.45) is 12.7. The third-order valence-corrected chi connectivity index (χ3v) is 8.98. The van der Waals surface area contributed by atoms with Crippen molar-refractivity contribution in [1.82, 2.24) is 0 Å². The van der Waals surface area contributed by atoms with Gasteiger partial charge in [0, 0.05) is 17.0 Å². The topological polar surface area (TPSA) is 34.1 Å². The molecule has 0 saturated heterocycles. The van der Waals surface area contributed by atoms with Gasteiger partial charge in [-0.2, -0.15) is 0 Å². The van der Waals surface area contributed by atoms with E-state index in [1.54, 1.807) is 0 Å². The molecule has 0 N–H and O–H groups in total. The average molecular weight is 427 g/mol. The molecule has 0 spiro atoms. The zero-order valence-electron chi connectivity index (χ0n) is 19.2. The highest BCUT2D eigenvalue weighted by atomic mass is 31.2. The van der Waals surface area contributed by atoms with Crippen molar-refractivity contribution >= 4 is 18.0 Å². The Morgan fingerprint density at radius 2 is 1.20 bits per heavy atom. The highest BCUT2D eigenvalue weighted by Crippen LogP contribution is 2.49. The van der Waals surface area contributed by atoms with Crippen molar-refractivity contribution < 1.29 is 9.36 Å². The molecule has 0 radical (unpaired) electrons. The van der Waals surface area contributed by atoms with Gasteiger partial charge in [-0.1, -0.05) is 113 Å². The quantitative estimate of drug-likeness (QED) is 0.226. The van der Waals surface area contributed by atoms with Crippen LogP contribution in [-0.4, -0.2) is 11.7 Å². The zero-order valence-corrected chi connectivity index (χ0v) is 20.1. The van der Waals surface area contributed by atoms with Crippen LogP contribution < -0.4 is 5.30 Å². The van der Waals surface area contributed by atoms with Crippen LogP contribution in [0.5, 0.6) is 0 Å². The monoisotopic (exact) mass is 426 g/mol. The van der Waals surface area contributed by atoms with Gasteiger partial charge >= 0.3 is 0 Å². The molecule has 0 fully saturated rings. The van der Waals surface area contributed by atoms with Crippen molar-refractivity contribution in [2.75, 3.05) is 6.16 Å². The standard InChI is InChI=1S/C27H39O2P/c1-4-5-6-7-8-9-10-11-12-16-22-30(29,25-20-14-13-15-21-25)27(28)26-23(2)18-17-19-24(26)3/h13-15,17-21H,4-12,16,22H2,1-3H3. The van der Waals surface area contributed by atoms with Gasteiger partial charge in [0.25, 0.3) is 0 Å². The van der Waals surface area contributed by atoms with Gasteiger partial charge in [0.15, 0.2) is 7.14 Å². The Morgan fingerprint density at radius 3 is 1.73 bits per heavy atom. The van der Waals surface area contributed by atoms with Crippen molar-refractivity contribution in [3.8, 4) is 0 Å². The number of unbranched alkanes of at least 4 members (excludes halogenated alkanes) is 9. The zero-order chi connectivity index (χ0) is 21.8. The van der Waals surface area contributed by atoms with E-state index in [9.17, 15) is 9.36 Å². The Balaban J connectivity index is 1.98. The highest BCUT2D eigenvalue weighted by molar-refractivity contribution is 7.87. The summed E-state index contributed by atoms with van der Waals surface area (Å²) in [6, 6.07) is 15.3. The minimum absolute atomic E-state index is 0.166. The number of hydrogen-bond acceptors (Lipinski definition) is 2. The number of benzene rings is 2. The van der Waals surface area contributed by atoms with Gasteiger partial charge in [0.2, 0.25) is 5.52 Å². The molecule has 3 heteroatoms. The van der Waals surface area contributed by atoms with Gasteiger partial charge in [-0.3, -0.25) is 4.79 Å². The third-order valence-electron chi connectivity index (χ3n) is 6.02. The lowest BCUT2D eigenvalue weighted by Gasteiger charge is -2.20. The predicted octanol–water partition coefficient (Wildman–Crippen LogP) is 8.05. The van der Waals surface area contributed by atoms with E-state index in [2.05, 4.69) is 6.92 Å². The van der Waals surface area contributed by atoms with E-state index in [1.165, 1.54) is 51.4 Å². The van der Waals surface area contributed by atoms with Gasteiger partial charge < -0.3 is 4.57 Å². The lowest BCUT2D eigenvalue weighted by atomic mass is 10.0. The molecule has 1 atom stereocenters. The summed E-state index contributed by atoms with van der Waals surface area (Å²) >= 11 is 0. The van der Waals surface area contributed by atoms with E-state index in [1.807, 2.05) is 62.4 Å². The molecule has 164 valence electrons. The Bertz CT molecular complexity index is 806. The van der Waals surface area contributed by atoms with Crippen molar-refractivity contribution in [1.29, 1.82) is 0 Å². The maximum Gasteiger partial charge on any atom is 0.226 e. The lowest BCUT2D eigenvalue weighted by molar-refractivity contribution is 0.107. The Hall–Kier alpha value is -1.66. The third kappa shape index (κ3) is 6.95. The second-order valence-corrected chi connectivity index (χ2v) is 11.4. The largest absolute Gasteiger partial charge is 0.310 e. The first-order chi connectivity index (χ1) is 14.5. The maximum absolute atomic E-state index is 14.1. The fourth-order valence-electron chi connectivity index (χ4n) is 4.17. The Morgan fingerprint density at radius 1 is 0.700 bits per heavy atom. The van der Waals surface area contributed by atoms with Crippen LogP contribution in [0.3, 0.4) is 0 Å². The van der Waals surface area contributed by atoms with E-state index in [0.717, 1.165) is 24.0 Å². The number of hydrogen-bond donors (Lipinski definition) is 0. The molecule has 0 aliphatic rings. The summed E-state index contributed by atoms with van der Waals surface area (Å²) < 4.78 is 14.1. The van der Waals surface area contributed by atoms with Crippen LogP contribution >= 0.6 is 7.14 Å². The first-order valence-corrected chi connectivity index (χ1v) is 13.7. The summed E-state index contributed by atoms with van der Waals surface area (Å²) in [4.78, 5) is 13.5. The molecule has 2 aromatic rings. The van der Waals surface area contributed by atoms with Crippen LogP contribution in [0.1, 0.15) is 92.6 Å². The van der Waals surface area contributed by atoms with Crippen molar-refractivity contribution in [3.05, 3.63) is 65.2 Å². The molecule has 0 bridgehead atoms. The molecule has 0 amide bonds. The first-order valence-electron chi connectivity index (χ1n) is 11.8. The average Bonchev–Trinajstić information content (AvgIpc) is 2.75. The van der Waals surface area contributed by atoms with Gasteiger partial charge in [-0.25, -0.2) is 0 Å². The maximum atomic E-state index is 14.1. The Kier molecular flexibility index (Phi) is 10.6. The molecule has 0 aliphatic carbocycles.